The zero-order valence-corrected chi connectivity index (χ0v) is 17.4. The first-order valence-electron chi connectivity index (χ1n) is 10.1. The number of benzene rings is 1. The topological polar surface area (TPSA) is 54.9 Å². The molecule has 2 rings (SSSR count). The smallest absolute Gasteiger partial charge is 0.381 e. The van der Waals surface area contributed by atoms with Gasteiger partial charge in [-0.2, -0.15) is 13.2 Å². The van der Waals surface area contributed by atoms with Gasteiger partial charge < -0.3 is 20.1 Å². The van der Waals surface area contributed by atoms with E-state index in [1.165, 1.54) is 12.1 Å². The third-order valence-electron chi connectivity index (χ3n) is 5.36. The Kier molecular flexibility index (Phi) is 8.77. The van der Waals surface area contributed by atoms with Gasteiger partial charge in [-0.1, -0.05) is 25.1 Å². The van der Waals surface area contributed by atoms with Crippen LogP contribution in [0.15, 0.2) is 29.3 Å². The van der Waals surface area contributed by atoms with E-state index >= 15 is 0 Å². The van der Waals surface area contributed by atoms with Crippen molar-refractivity contribution in [1.82, 2.24) is 10.6 Å². The summed E-state index contributed by atoms with van der Waals surface area (Å²) in [7, 11) is 1.71. The highest BCUT2D eigenvalue weighted by Gasteiger charge is 2.32. The minimum absolute atomic E-state index is 0.00603. The van der Waals surface area contributed by atoms with Crippen LogP contribution < -0.4 is 10.6 Å². The van der Waals surface area contributed by atoms with Crippen molar-refractivity contribution in [3.8, 4) is 0 Å². The van der Waals surface area contributed by atoms with Crippen molar-refractivity contribution in [2.24, 2.45) is 4.99 Å². The van der Waals surface area contributed by atoms with Crippen LogP contribution in [-0.4, -0.2) is 51.5 Å². The summed E-state index contributed by atoms with van der Waals surface area (Å²) >= 11 is 0. The lowest BCUT2D eigenvalue weighted by Crippen LogP contribution is -2.44. The van der Waals surface area contributed by atoms with Gasteiger partial charge in [-0.15, -0.1) is 0 Å². The SMILES string of the molecule is CCNC(=NCC1(OC)CCOCC1)NCCC(C)c1cccc(C(F)(F)F)c1. The monoisotopic (exact) mass is 415 g/mol. The predicted molar refractivity (Wildman–Crippen MR) is 108 cm³/mol. The summed E-state index contributed by atoms with van der Waals surface area (Å²) in [5.74, 6) is 0.681. The van der Waals surface area contributed by atoms with Crippen LogP contribution in [0.25, 0.3) is 0 Å². The number of hydrogen-bond donors (Lipinski definition) is 2. The van der Waals surface area contributed by atoms with Gasteiger partial charge >= 0.3 is 6.18 Å². The van der Waals surface area contributed by atoms with Crippen LogP contribution in [0, 0.1) is 0 Å². The second-order valence-electron chi connectivity index (χ2n) is 7.43. The molecule has 1 atom stereocenters. The molecule has 0 radical (unpaired) electrons. The number of nitrogens with zero attached hydrogens (tertiary/aromatic N) is 1. The Morgan fingerprint density at radius 1 is 1.28 bits per heavy atom. The molecule has 1 aliphatic heterocycles. The van der Waals surface area contributed by atoms with Gasteiger partial charge in [0.25, 0.3) is 0 Å². The molecule has 1 saturated heterocycles. The molecule has 0 spiro atoms. The van der Waals surface area contributed by atoms with E-state index in [-0.39, 0.29) is 11.5 Å². The second kappa shape index (κ2) is 10.8. The second-order valence-corrected chi connectivity index (χ2v) is 7.43. The quantitative estimate of drug-likeness (QED) is 0.499. The fourth-order valence-electron chi connectivity index (χ4n) is 3.33. The summed E-state index contributed by atoms with van der Waals surface area (Å²) in [6.45, 7) is 7.12. The molecular weight excluding hydrogens is 383 g/mol. The number of ether oxygens (including phenoxy) is 2. The zero-order chi connectivity index (χ0) is 21.3. The van der Waals surface area contributed by atoms with E-state index in [1.807, 2.05) is 13.8 Å². The molecule has 1 aromatic rings. The third kappa shape index (κ3) is 7.19. The van der Waals surface area contributed by atoms with Crippen LogP contribution in [0.2, 0.25) is 0 Å². The van der Waals surface area contributed by atoms with Gasteiger partial charge in [0.05, 0.1) is 17.7 Å². The molecule has 1 fully saturated rings. The summed E-state index contributed by atoms with van der Waals surface area (Å²) in [5, 5.41) is 6.49. The van der Waals surface area contributed by atoms with Gasteiger partial charge in [-0.05, 0) is 30.9 Å². The fourth-order valence-corrected chi connectivity index (χ4v) is 3.33. The minimum atomic E-state index is -4.32. The fraction of sp³-hybridized carbons (Fsp3) is 0.667. The molecule has 29 heavy (non-hydrogen) atoms. The Balaban J connectivity index is 1.91. The zero-order valence-electron chi connectivity index (χ0n) is 17.4. The maximum Gasteiger partial charge on any atom is 0.416 e. The molecule has 0 aliphatic carbocycles. The number of halogens is 3. The molecule has 0 aromatic heterocycles. The van der Waals surface area contributed by atoms with Crippen LogP contribution in [0.1, 0.15) is 50.2 Å². The predicted octanol–water partition coefficient (Wildman–Crippen LogP) is 3.95. The van der Waals surface area contributed by atoms with Crippen LogP contribution in [0.4, 0.5) is 13.2 Å². The standard InChI is InChI=1S/C21H32F3N3O2/c1-4-25-19(27-15-20(28-3)9-12-29-13-10-20)26-11-8-16(2)17-6-5-7-18(14-17)21(22,23)24/h5-7,14,16H,4,8-13,15H2,1-3H3,(H2,25,26,27). The number of hydrogen-bond acceptors (Lipinski definition) is 3. The first-order valence-corrected chi connectivity index (χ1v) is 10.1. The van der Waals surface area contributed by atoms with Gasteiger partial charge in [0.1, 0.15) is 0 Å². The highest BCUT2D eigenvalue weighted by Crippen LogP contribution is 2.31. The number of nitrogens with one attached hydrogen (secondary N) is 2. The molecule has 1 unspecified atom stereocenters. The first kappa shape index (κ1) is 23.5. The minimum Gasteiger partial charge on any atom is -0.381 e. The first-order chi connectivity index (χ1) is 13.8. The van der Waals surface area contributed by atoms with E-state index in [4.69, 9.17) is 9.47 Å². The number of aliphatic imine (C=N–C) groups is 1. The van der Waals surface area contributed by atoms with Crippen LogP contribution in [-0.2, 0) is 15.7 Å². The molecule has 1 aliphatic rings. The van der Waals surface area contributed by atoms with Crippen molar-refractivity contribution in [3.05, 3.63) is 35.4 Å². The number of guanidine groups is 1. The van der Waals surface area contributed by atoms with E-state index in [1.54, 1.807) is 13.2 Å². The van der Waals surface area contributed by atoms with Gasteiger partial charge in [0, 0.05) is 46.3 Å². The normalized spacial score (nSPS) is 18.3. The largest absolute Gasteiger partial charge is 0.416 e. The molecular formula is C21H32F3N3O2. The van der Waals surface area contributed by atoms with Gasteiger partial charge in [0.15, 0.2) is 5.96 Å². The van der Waals surface area contributed by atoms with Crippen LogP contribution in [0.5, 0.6) is 0 Å². The Labute approximate surface area is 171 Å². The summed E-state index contributed by atoms with van der Waals surface area (Å²) in [4.78, 5) is 4.66. The lowest BCUT2D eigenvalue weighted by Gasteiger charge is -2.34. The third-order valence-corrected chi connectivity index (χ3v) is 5.36. The summed E-state index contributed by atoms with van der Waals surface area (Å²) in [6, 6.07) is 5.54. The summed E-state index contributed by atoms with van der Waals surface area (Å²) in [5.41, 5.74) is -0.221. The van der Waals surface area contributed by atoms with E-state index in [2.05, 4.69) is 15.6 Å². The van der Waals surface area contributed by atoms with Gasteiger partial charge in [0.2, 0.25) is 0 Å². The average molecular weight is 416 g/mol. The number of methoxy groups -OCH3 is 1. The molecule has 0 saturated carbocycles. The Morgan fingerprint density at radius 3 is 2.62 bits per heavy atom. The highest BCUT2D eigenvalue weighted by molar-refractivity contribution is 5.79. The van der Waals surface area contributed by atoms with Crippen molar-refractivity contribution in [2.45, 2.75) is 50.8 Å². The average Bonchev–Trinajstić information content (AvgIpc) is 2.72. The Morgan fingerprint density at radius 2 is 2.00 bits per heavy atom. The van der Waals surface area contributed by atoms with E-state index < -0.39 is 11.7 Å². The van der Waals surface area contributed by atoms with E-state index in [9.17, 15) is 13.2 Å². The lowest BCUT2D eigenvalue weighted by molar-refractivity contribution is -0.137. The van der Waals surface area contributed by atoms with Gasteiger partial charge in [-0.25, -0.2) is 0 Å². The lowest BCUT2D eigenvalue weighted by atomic mass is 9.94. The molecule has 0 amide bonds. The van der Waals surface area contributed by atoms with Crippen molar-refractivity contribution in [3.63, 3.8) is 0 Å². The van der Waals surface area contributed by atoms with E-state index in [0.29, 0.717) is 44.2 Å². The molecule has 8 heteroatoms. The highest BCUT2D eigenvalue weighted by atomic mass is 19.4. The Hall–Kier alpha value is -1.80. The maximum absolute atomic E-state index is 12.9. The molecule has 164 valence electrons. The van der Waals surface area contributed by atoms with Crippen LogP contribution in [0.3, 0.4) is 0 Å². The van der Waals surface area contributed by atoms with Crippen molar-refractivity contribution in [1.29, 1.82) is 0 Å². The van der Waals surface area contributed by atoms with Crippen molar-refractivity contribution < 1.29 is 22.6 Å². The van der Waals surface area contributed by atoms with Crippen LogP contribution >= 0.6 is 0 Å². The molecule has 1 aromatic carbocycles. The number of rotatable bonds is 8. The summed E-state index contributed by atoms with van der Waals surface area (Å²) in [6.07, 6.45) is -2.02. The molecule has 0 bridgehead atoms. The van der Waals surface area contributed by atoms with Crippen molar-refractivity contribution >= 4 is 5.96 Å². The molecule has 1 heterocycles. The molecule has 5 nitrogen and oxygen atoms in total. The van der Waals surface area contributed by atoms with E-state index in [0.717, 1.165) is 25.5 Å². The molecule has 2 N–H and O–H groups in total. The van der Waals surface area contributed by atoms with Gasteiger partial charge in [-0.3, -0.25) is 4.99 Å². The Bertz CT molecular complexity index is 659. The summed E-state index contributed by atoms with van der Waals surface area (Å²) < 4.78 is 49.9. The maximum atomic E-state index is 12.9. The number of alkyl halides is 3. The van der Waals surface area contributed by atoms with Crippen molar-refractivity contribution in [2.75, 3.05) is 40.0 Å².